The zero-order valence-electron chi connectivity index (χ0n) is 7.71. The molecule has 0 bridgehead atoms. The summed E-state index contributed by atoms with van der Waals surface area (Å²) in [6.07, 6.45) is 21.0. The van der Waals surface area contributed by atoms with E-state index >= 15 is 0 Å². The molecule has 0 N–H and O–H groups in total. The maximum atomic E-state index is 2.29. The van der Waals surface area contributed by atoms with Gasteiger partial charge in [-0.05, 0) is 38.5 Å². The standard InChI is InChI=1S/C12H18/c1-2-4-6-8-10-12-11-9-7-5-3-1/h1-2,7-10H,3-6,11-12H2/b2-1-,9-7?,10-8?. The molecule has 0 aliphatic heterocycles. The SMILES string of the molecule is C1=CCC/C=C\CCC=CCC1. The molecule has 0 aromatic heterocycles. The summed E-state index contributed by atoms with van der Waals surface area (Å²) in [5.41, 5.74) is 0. The topological polar surface area (TPSA) is 0 Å². The van der Waals surface area contributed by atoms with E-state index in [1.165, 1.54) is 38.5 Å². The quantitative estimate of drug-likeness (QED) is 0.472. The first kappa shape index (κ1) is 9.31. The Balaban J connectivity index is 2.30. The lowest BCUT2D eigenvalue weighted by atomic mass is 10.1. The van der Waals surface area contributed by atoms with Gasteiger partial charge in [-0.2, -0.15) is 0 Å². The molecule has 0 spiro atoms. The van der Waals surface area contributed by atoms with Gasteiger partial charge in [-0.25, -0.2) is 0 Å². The zero-order chi connectivity index (χ0) is 8.49. The highest BCUT2D eigenvalue weighted by Crippen LogP contribution is 2.02. The molecule has 1 aliphatic carbocycles. The van der Waals surface area contributed by atoms with Crippen LogP contribution in [0.2, 0.25) is 0 Å². The van der Waals surface area contributed by atoms with Gasteiger partial charge in [-0.3, -0.25) is 0 Å². The van der Waals surface area contributed by atoms with E-state index in [0.717, 1.165) is 0 Å². The van der Waals surface area contributed by atoms with Gasteiger partial charge < -0.3 is 0 Å². The summed E-state index contributed by atoms with van der Waals surface area (Å²) in [6.45, 7) is 0. The van der Waals surface area contributed by atoms with E-state index in [-0.39, 0.29) is 0 Å². The molecule has 0 nitrogen and oxygen atoms in total. The van der Waals surface area contributed by atoms with Crippen LogP contribution in [0.3, 0.4) is 0 Å². The zero-order valence-corrected chi connectivity index (χ0v) is 7.71. The van der Waals surface area contributed by atoms with Crippen LogP contribution in [0.1, 0.15) is 38.5 Å². The summed E-state index contributed by atoms with van der Waals surface area (Å²) in [5.74, 6) is 0. The Bertz CT molecular complexity index is 121. The largest absolute Gasteiger partial charge is 0.0882 e. The molecule has 0 heterocycles. The van der Waals surface area contributed by atoms with Crippen LogP contribution in [-0.2, 0) is 0 Å². The van der Waals surface area contributed by atoms with Crippen LogP contribution in [0.4, 0.5) is 0 Å². The molecule has 1 rings (SSSR count). The predicted molar refractivity (Wildman–Crippen MR) is 55.1 cm³/mol. The van der Waals surface area contributed by atoms with E-state index in [1.54, 1.807) is 0 Å². The molecule has 0 fully saturated rings. The third-order valence-corrected chi connectivity index (χ3v) is 2.00. The van der Waals surface area contributed by atoms with Gasteiger partial charge in [-0.15, -0.1) is 0 Å². The molecule has 0 aromatic rings. The maximum Gasteiger partial charge on any atom is -0.0316 e. The summed E-state index contributed by atoms with van der Waals surface area (Å²) in [6, 6.07) is 0. The molecule has 0 unspecified atom stereocenters. The summed E-state index contributed by atoms with van der Waals surface area (Å²) in [7, 11) is 0. The second-order valence-electron chi connectivity index (χ2n) is 3.15. The van der Waals surface area contributed by atoms with Crippen molar-refractivity contribution in [2.75, 3.05) is 0 Å². The van der Waals surface area contributed by atoms with Crippen molar-refractivity contribution in [1.29, 1.82) is 0 Å². The summed E-state index contributed by atoms with van der Waals surface area (Å²) < 4.78 is 0. The fraction of sp³-hybridized carbons (Fsp3) is 0.500. The average molecular weight is 162 g/mol. The first-order valence-corrected chi connectivity index (χ1v) is 4.95. The van der Waals surface area contributed by atoms with Gasteiger partial charge in [0.25, 0.3) is 0 Å². The monoisotopic (exact) mass is 162 g/mol. The van der Waals surface area contributed by atoms with Crippen molar-refractivity contribution in [3.63, 3.8) is 0 Å². The smallest absolute Gasteiger partial charge is 0.0316 e. The highest BCUT2D eigenvalue weighted by molar-refractivity contribution is 4.93. The van der Waals surface area contributed by atoms with Crippen LogP contribution < -0.4 is 0 Å². The molecule has 12 heavy (non-hydrogen) atoms. The van der Waals surface area contributed by atoms with Gasteiger partial charge in [0.2, 0.25) is 0 Å². The van der Waals surface area contributed by atoms with Crippen LogP contribution in [0.25, 0.3) is 0 Å². The Kier molecular flexibility index (Phi) is 5.35. The minimum Gasteiger partial charge on any atom is -0.0882 e. The van der Waals surface area contributed by atoms with Crippen LogP contribution >= 0.6 is 0 Å². The lowest BCUT2D eigenvalue weighted by molar-refractivity contribution is 0.962. The fourth-order valence-corrected chi connectivity index (χ4v) is 1.28. The molecule has 0 aromatic carbocycles. The summed E-state index contributed by atoms with van der Waals surface area (Å²) >= 11 is 0. The van der Waals surface area contributed by atoms with Gasteiger partial charge >= 0.3 is 0 Å². The van der Waals surface area contributed by atoms with Crippen molar-refractivity contribution in [2.45, 2.75) is 38.5 Å². The first-order valence-electron chi connectivity index (χ1n) is 4.95. The second kappa shape index (κ2) is 6.90. The first-order chi connectivity index (χ1) is 6.00. The van der Waals surface area contributed by atoms with E-state index in [4.69, 9.17) is 0 Å². The molecule has 66 valence electrons. The van der Waals surface area contributed by atoms with E-state index in [1.807, 2.05) is 0 Å². The normalized spacial score (nSPS) is 22.7. The van der Waals surface area contributed by atoms with E-state index in [2.05, 4.69) is 36.5 Å². The second-order valence-corrected chi connectivity index (χ2v) is 3.15. The van der Waals surface area contributed by atoms with Gasteiger partial charge in [0.15, 0.2) is 0 Å². The molecule has 0 heteroatoms. The molecular weight excluding hydrogens is 144 g/mol. The Morgan fingerprint density at radius 1 is 0.333 bits per heavy atom. The van der Waals surface area contributed by atoms with Crippen molar-refractivity contribution in [1.82, 2.24) is 0 Å². The molecular formula is C12H18. The molecule has 0 saturated carbocycles. The highest BCUT2D eigenvalue weighted by atomic mass is 13.9. The number of hydrogen-bond donors (Lipinski definition) is 0. The molecule has 0 saturated heterocycles. The number of hydrogen-bond acceptors (Lipinski definition) is 0. The molecule has 0 atom stereocenters. The third-order valence-electron chi connectivity index (χ3n) is 2.00. The Labute approximate surface area is 75.7 Å². The van der Waals surface area contributed by atoms with Crippen molar-refractivity contribution < 1.29 is 0 Å². The average Bonchev–Trinajstić information content (AvgIpc) is 2.05. The predicted octanol–water partition coefficient (Wildman–Crippen LogP) is 4.01. The van der Waals surface area contributed by atoms with Crippen LogP contribution in [0.15, 0.2) is 36.5 Å². The Morgan fingerprint density at radius 3 is 0.667 bits per heavy atom. The Morgan fingerprint density at radius 2 is 0.500 bits per heavy atom. The van der Waals surface area contributed by atoms with Gasteiger partial charge in [0.05, 0.1) is 0 Å². The van der Waals surface area contributed by atoms with Gasteiger partial charge in [-0.1, -0.05) is 36.5 Å². The van der Waals surface area contributed by atoms with E-state index < -0.39 is 0 Å². The maximum absolute atomic E-state index is 2.29. The fourth-order valence-electron chi connectivity index (χ4n) is 1.28. The number of allylic oxidation sites excluding steroid dienone is 6. The number of rotatable bonds is 0. The molecule has 0 amide bonds. The lowest BCUT2D eigenvalue weighted by Crippen LogP contribution is -1.71. The van der Waals surface area contributed by atoms with E-state index in [9.17, 15) is 0 Å². The van der Waals surface area contributed by atoms with Crippen molar-refractivity contribution >= 4 is 0 Å². The Hall–Kier alpha value is -0.780. The van der Waals surface area contributed by atoms with Crippen LogP contribution in [-0.4, -0.2) is 0 Å². The summed E-state index contributed by atoms with van der Waals surface area (Å²) in [4.78, 5) is 0. The van der Waals surface area contributed by atoms with Gasteiger partial charge in [0, 0.05) is 0 Å². The molecule has 1 aliphatic rings. The highest BCUT2D eigenvalue weighted by Gasteiger charge is 1.82. The summed E-state index contributed by atoms with van der Waals surface area (Å²) in [5, 5.41) is 0. The van der Waals surface area contributed by atoms with E-state index in [0.29, 0.717) is 0 Å². The molecule has 0 radical (unpaired) electrons. The van der Waals surface area contributed by atoms with Crippen LogP contribution in [0, 0.1) is 0 Å². The minimum absolute atomic E-state index is 1.21. The third kappa shape index (κ3) is 4.95. The van der Waals surface area contributed by atoms with Crippen LogP contribution in [0.5, 0.6) is 0 Å². The van der Waals surface area contributed by atoms with Gasteiger partial charge in [0.1, 0.15) is 0 Å². The van der Waals surface area contributed by atoms with Crippen molar-refractivity contribution in [2.24, 2.45) is 0 Å². The van der Waals surface area contributed by atoms with Crippen molar-refractivity contribution in [3.8, 4) is 0 Å². The lowest BCUT2D eigenvalue weighted by Gasteiger charge is -1.92. The minimum atomic E-state index is 1.21. The van der Waals surface area contributed by atoms with Crippen molar-refractivity contribution in [3.05, 3.63) is 36.5 Å².